The molecule has 0 unspecified atom stereocenters. The van der Waals surface area contributed by atoms with Gasteiger partial charge in [0.15, 0.2) is 33.1 Å². The van der Waals surface area contributed by atoms with E-state index in [2.05, 4.69) is 0 Å². The van der Waals surface area contributed by atoms with Gasteiger partial charge in [-0.25, -0.2) is 30.4 Å². The number of methoxy groups -OCH3 is 1. The number of ether oxygens (including phenoxy) is 1. The van der Waals surface area contributed by atoms with Gasteiger partial charge in [0, 0.05) is 0 Å². The van der Waals surface area contributed by atoms with E-state index in [0.717, 1.165) is 0 Å². The van der Waals surface area contributed by atoms with Crippen molar-refractivity contribution in [3.8, 4) is 5.75 Å². The third-order valence-corrected chi connectivity index (χ3v) is 4.69. The fourth-order valence-electron chi connectivity index (χ4n) is 1.87. The Morgan fingerprint density at radius 1 is 0.826 bits per heavy atom. The van der Waals surface area contributed by atoms with Crippen LogP contribution in [0.25, 0.3) is 0 Å². The predicted octanol–water partition coefficient (Wildman–Crippen LogP) is 3.36. The number of rotatable bonds is 4. The zero-order chi connectivity index (χ0) is 17.4. The Kier molecular flexibility index (Phi) is 4.60. The number of hydrogen-bond donors (Lipinski definition) is 0. The van der Waals surface area contributed by atoms with Crippen LogP contribution in [0.2, 0.25) is 0 Å². The van der Waals surface area contributed by atoms with Gasteiger partial charge in [0.25, 0.3) is 0 Å². The molecule has 0 amide bonds. The Hall–Kier alpha value is -2.16. The van der Waals surface area contributed by atoms with Crippen LogP contribution in [-0.4, -0.2) is 15.5 Å². The molecule has 23 heavy (non-hydrogen) atoms. The molecule has 0 bridgehead atoms. The normalized spacial score (nSPS) is 11.6. The van der Waals surface area contributed by atoms with Gasteiger partial charge in [-0.15, -0.1) is 0 Å². The Bertz CT molecular complexity index is 819. The maximum Gasteiger partial charge on any atom is 0.200 e. The van der Waals surface area contributed by atoms with Gasteiger partial charge in [0.05, 0.1) is 12.9 Å². The third kappa shape index (κ3) is 3.14. The number of benzene rings is 2. The summed E-state index contributed by atoms with van der Waals surface area (Å²) in [6.45, 7) is 0. The average Bonchev–Trinajstić information content (AvgIpc) is 2.51. The van der Waals surface area contributed by atoms with Crippen molar-refractivity contribution >= 4 is 9.84 Å². The molecular formula is C14H9F5O3S. The van der Waals surface area contributed by atoms with E-state index < -0.39 is 49.6 Å². The summed E-state index contributed by atoms with van der Waals surface area (Å²) < 4.78 is 95.4. The van der Waals surface area contributed by atoms with Gasteiger partial charge in [0.2, 0.25) is 5.82 Å². The van der Waals surface area contributed by atoms with Crippen molar-refractivity contribution < 1.29 is 35.1 Å². The van der Waals surface area contributed by atoms with Gasteiger partial charge < -0.3 is 4.74 Å². The molecule has 0 aliphatic rings. The first-order valence-electron chi connectivity index (χ1n) is 6.06. The number of halogens is 5. The highest BCUT2D eigenvalue weighted by atomic mass is 32.2. The summed E-state index contributed by atoms with van der Waals surface area (Å²) in [7, 11) is -3.42. The smallest absolute Gasteiger partial charge is 0.200 e. The van der Waals surface area contributed by atoms with Crippen molar-refractivity contribution in [3.05, 3.63) is 58.9 Å². The summed E-state index contributed by atoms with van der Waals surface area (Å²) in [6, 6.07) is 5.37. The van der Waals surface area contributed by atoms with Crippen molar-refractivity contribution in [3.63, 3.8) is 0 Å². The van der Waals surface area contributed by atoms with Crippen LogP contribution in [0.5, 0.6) is 5.75 Å². The van der Waals surface area contributed by atoms with Crippen LogP contribution < -0.4 is 4.74 Å². The van der Waals surface area contributed by atoms with Crippen LogP contribution in [0.3, 0.4) is 0 Å². The van der Waals surface area contributed by atoms with Gasteiger partial charge in [-0.05, 0) is 17.7 Å². The maximum absolute atomic E-state index is 13.6. The summed E-state index contributed by atoms with van der Waals surface area (Å²) in [5, 5.41) is 0. The molecule has 0 saturated carbocycles. The van der Waals surface area contributed by atoms with E-state index in [4.69, 9.17) is 4.74 Å². The molecule has 0 fully saturated rings. The molecule has 0 aliphatic carbocycles. The molecule has 0 heterocycles. The zero-order valence-corrected chi connectivity index (χ0v) is 12.4. The number of hydrogen-bond acceptors (Lipinski definition) is 3. The Balaban J connectivity index is 2.51. The summed E-state index contributed by atoms with van der Waals surface area (Å²) in [5.74, 6) is -12.3. The number of sulfone groups is 1. The molecule has 2 rings (SSSR count). The lowest BCUT2D eigenvalue weighted by molar-refractivity contribution is 0.357. The fraction of sp³-hybridized carbons (Fsp3) is 0.143. The lowest BCUT2D eigenvalue weighted by Crippen LogP contribution is -2.14. The van der Waals surface area contributed by atoms with Crippen LogP contribution >= 0.6 is 0 Å². The minimum atomic E-state index is -4.79. The molecule has 0 spiro atoms. The molecule has 3 nitrogen and oxygen atoms in total. The maximum atomic E-state index is 13.6. The Labute approximate surface area is 128 Å². The van der Waals surface area contributed by atoms with Gasteiger partial charge in [-0.2, -0.15) is 0 Å². The van der Waals surface area contributed by atoms with Crippen molar-refractivity contribution in [1.82, 2.24) is 0 Å². The molecule has 0 aromatic heterocycles. The SMILES string of the molecule is COc1ccc(CS(=O)(=O)c2c(F)c(F)c(F)c(F)c2F)cc1. The van der Waals surface area contributed by atoms with Crippen molar-refractivity contribution in [2.24, 2.45) is 0 Å². The van der Waals surface area contributed by atoms with E-state index in [1.165, 1.54) is 31.4 Å². The van der Waals surface area contributed by atoms with E-state index in [1.807, 2.05) is 0 Å². The lowest BCUT2D eigenvalue weighted by Gasteiger charge is -2.10. The molecule has 0 radical (unpaired) electrons. The second-order valence-electron chi connectivity index (χ2n) is 4.51. The molecule has 9 heteroatoms. The second-order valence-corrected chi connectivity index (χ2v) is 6.43. The molecular weight excluding hydrogens is 343 g/mol. The Morgan fingerprint density at radius 3 is 1.70 bits per heavy atom. The summed E-state index contributed by atoms with van der Waals surface area (Å²) in [6.07, 6.45) is 0. The molecule has 0 atom stereocenters. The molecule has 0 aliphatic heterocycles. The van der Waals surface area contributed by atoms with E-state index >= 15 is 0 Å². The lowest BCUT2D eigenvalue weighted by atomic mass is 10.2. The highest BCUT2D eigenvalue weighted by Gasteiger charge is 2.33. The van der Waals surface area contributed by atoms with Gasteiger partial charge in [-0.1, -0.05) is 12.1 Å². The van der Waals surface area contributed by atoms with Crippen LogP contribution in [0, 0.1) is 29.1 Å². The zero-order valence-electron chi connectivity index (χ0n) is 11.5. The predicted molar refractivity (Wildman–Crippen MR) is 70.1 cm³/mol. The van der Waals surface area contributed by atoms with Gasteiger partial charge >= 0.3 is 0 Å². The van der Waals surface area contributed by atoms with E-state index in [0.29, 0.717) is 5.75 Å². The summed E-state index contributed by atoms with van der Waals surface area (Å²) >= 11 is 0. The van der Waals surface area contributed by atoms with E-state index in [9.17, 15) is 30.4 Å². The first-order valence-corrected chi connectivity index (χ1v) is 7.71. The van der Waals surface area contributed by atoms with Crippen molar-refractivity contribution in [1.29, 1.82) is 0 Å². The monoisotopic (exact) mass is 352 g/mol. The molecule has 2 aromatic carbocycles. The molecule has 0 saturated heterocycles. The minimum absolute atomic E-state index is 0.0924. The standard InChI is InChI=1S/C14H9F5O3S/c1-22-8-4-2-7(3-5-8)6-23(20,21)14-12(18)10(16)9(15)11(17)13(14)19/h2-5H,6H2,1H3. The first-order chi connectivity index (χ1) is 10.7. The van der Waals surface area contributed by atoms with Crippen molar-refractivity contribution in [2.45, 2.75) is 10.6 Å². The van der Waals surface area contributed by atoms with Crippen LogP contribution in [-0.2, 0) is 15.6 Å². The van der Waals surface area contributed by atoms with E-state index in [-0.39, 0.29) is 5.56 Å². The Morgan fingerprint density at radius 2 is 1.26 bits per heavy atom. The third-order valence-electron chi connectivity index (χ3n) is 3.00. The quantitative estimate of drug-likeness (QED) is 0.367. The fourth-order valence-corrected chi connectivity index (χ4v) is 3.37. The van der Waals surface area contributed by atoms with Crippen molar-refractivity contribution in [2.75, 3.05) is 7.11 Å². The topological polar surface area (TPSA) is 43.4 Å². The summed E-state index contributed by atoms with van der Waals surface area (Å²) in [5.41, 5.74) is 0.0924. The highest BCUT2D eigenvalue weighted by Crippen LogP contribution is 2.29. The molecule has 2 aromatic rings. The van der Waals surface area contributed by atoms with Crippen LogP contribution in [0.4, 0.5) is 22.0 Å². The van der Waals surface area contributed by atoms with E-state index in [1.54, 1.807) is 0 Å². The first kappa shape index (κ1) is 17.2. The molecule has 124 valence electrons. The summed E-state index contributed by atoms with van der Waals surface area (Å²) in [4.78, 5) is -1.84. The minimum Gasteiger partial charge on any atom is -0.497 e. The van der Waals surface area contributed by atoms with Crippen LogP contribution in [0.15, 0.2) is 29.2 Å². The second kappa shape index (κ2) is 6.15. The van der Waals surface area contributed by atoms with Gasteiger partial charge in [-0.3, -0.25) is 0 Å². The van der Waals surface area contributed by atoms with Crippen LogP contribution in [0.1, 0.15) is 5.56 Å². The highest BCUT2D eigenvalue weighted by molar-refractivity contribution is 7.90. The van der Waals surface area contributed by atoms with Gasteiger partial charge in [0.1, 0.15) is 10.6 Å². The molecule has 0 N–H and O–H groups in total. The average molecular weight is 352 g/mol. The largest absolute Gasteiger partial charge is 0.497 e.